The molecular weight excluding hydrogens is 428 g/mol. The third-order valence-electron chi connectivity index (χ3n) is 6.23. The van der Waals surface area contributed by atoms with Crippen molar-refractivity contribution in [3.8, 4) is 0 Å². The lowest BCUT2D eigenvalue weighted by atomic mass is 9.91. The molecule has 2 aromatic heterocycles. The molecule has 0 spiro atoms. The number of benzene rings is 2. The maximum atomic E-state index is 14.7. The average Bonchev–Trinajstić information content (AvgIpc) is 2.97. The van der Waals surface area contributed by atoms with Crippen molar-refractivity contribution in [3.63, 3.8) is 0 Å². The molecule has 0 fully saturated rings. The van der Waals surface area contributed by atoms with Crippen molar-refractivity contribution in [2.24, 2.45) is 14.1 Å². The Morgan fingerprint density at radius 1 is 1.03 bits per heavy atom. The van der Waals surface area contributed by atoms with Crippen LogP contribution in [0.1, 0.15) is 43.6 Å². The van der Waals surface area contributed by atoms with E-state index in [1.54, 1.807) is 35.4 Å². The van der Waals surface area contributed by atoms with Crippen LogP contribution in [0.5, 0.6) is 0 Å². The number of hydrogen-bond acceptors (Lipinski definition) is 5. The molecule has 9 heteroatoms. The van der Waals surface area contributed by atoms with Crippen LogP contribution in [-0.2, 0) is 20.0 Å². The fourth-order valence-electron chi connectivity index (χ4n) is 4.02. The Morgan fingerprint density at radius 2 is 1.64 bits per heavy atom. The second-order valence-electron chi connectivity index (χ2n) is 9.05. The van der Waals surface area contributed by atoms with E-state index >= 15 is 0 Å². The smallest absolute Gasteiger partial charge is 0.328 e. The Balaban J connectivity index is 1.78. The van der Waals surface area contributed by atoms with E-state index in [0.717, 1.165) is 35.7 Å². The van der Waals surface area contributed by atoms with Crippen LogP contribution < -0.4 is 11.0 Å². The summed E-state index contributed by atoms with van der Waals surface area (Å²) in [7, 11) is 3.43. The number of fused-ring (bicyclic) bond motifs is 2. The van der Waals surface area contributed by atoms with Gasteiger partial charge in [-0.3, -0.25) is 9.13 Å². The maximum absolute atomic E-state index is 14.7. The summed E-state index contributed by atoms with van der Waals surface area (Å²) in [4.78, 5) is 12.4. The van der Waals surface area contributed by atoms with Gasteiger partial charge in [0.1, 0.15) is 5.60 Å². The minimum absolute atomic E-state index is 0.133. The van der Waals surface area contributed by atoms with Gasteiger partial charge < -0.3 is 10.4 Å². The maximum Gasteiger partial charge on any atom is 0.328 e. The van der Waals surface area contributed by atoms with Gasteiger partial charge in [-0.2, -0.15) is 13.9 Å². The van der Waals surface area contributed by atoms with E-state index in [9.17, 15) is 18.7 Å². The van der Waals surface area contributed by atoms with Crippen molar-refractivity contribution in [1.82, 2.24) is 19.3 Å². The average molecular weight is 456 g/mol. The summed E-state index contributed by atoms with van der Waals surface area (Å²) in [5, 5.41) is 23.4. The first-order chi connectivity index (χ1) is 15.3. The van der Waals surface area contributed by atoms with Gasteiger partial charge in [0.15, 0.2) is 5.82 Å². The van der Waals surface area contributed by atoms with Gasteiger partial charge in [-0.05, 0) is 51.5 Å². The topological polar surface area (TPSA) is 85.0 Å². The van der Waals surface area contributed by atoms with Crippen molar-refractivity contribution in [2.75, 3.05) is 5.32 Å². The SMILES string of the molecule is Cc1nnc(N[C@H](C)c2cccc(C(F)(F)C(C)(C)O)c2)c2cc3c(cc12)n(C)c(=O)n3C. The molecule has 0 amide bonds. The fraction of sp³-hybridized carbons (Fsp3) is 0.375. The van der Waals surface area contributed by atoms with Crippen molar-refractivity contribution >= 4 is 27.6 Å². The molecule has 4 aromatic rings. The number of anilines is 1. The number of aryl methyl sites for hydroxylation is 3. The predicted octanol–water partition coefficient (Wildman–Crippen LogP) is 4.16. The molecule has 0 aliphatic heterocycles. The number of aliphatic hydroxyl groups is 1. The molecule has 0 saturated heterocycles. The molecule has 33 heavy (non-hydrogen) atoms. The molecule has 2 heterocycles. The molecule has 2 aromatic carbocycles. The minimum atomic E-state index is -3.41. The number of rotatable bonds is 5. The van der Waals surface area contributed by atoms with Crippen LogP contribution >= 0.6 is 0 Å². The summed E-state index contributed by atoms with van der Waals surface area (Å²) in [5.41, 5.74) is 0.274. The molecule has 2 N–H and O–H groups in total. The van der Waals surface area contributed by atoms with Crippen LogP contribution in [0.4, 0.5) is 14.6 Å². The second-order valence-corrected chi connectivity index (χ2v) is 9.05. The number of nitrogens with one attached hydrogen (secondary N) is 1. The highest BCUT2D eigenvalue weighted by Gasteiger charge is 2.47. The zero-order valence-electron chi connectivity index (χ0n) is 19.4. The Bertz CT molecular complexity index is 1430. The highest BCUT2D eigenvalue weighted by atomic mass is 19.3. The Hall–Kier alpha value is -3.33. The van der Waals surface area contributed by atoms with Crippen LogP contribution in [0, 0.1) is 6.92 Å². The van der Waals surface area contributed by atoms with Gasteiger partial charge in [-0.15, -0.1) is 5.10 Å². The number of imidazole rings is 1. The Labute approximate surface area is 189 Å². The van der Waals surface area contributed by atoms with E-state index < -0.39 is 11.5 Å². The summed E-state index contributed by atoms with van der Waals surface area (Å²) in [6.07, 6.45) is 0. The summed E-state index contributed by atoms with van der Waals surface area (Å²) >= 11 is 0. The molecule has 0 unspecified atom stereocenters. The van der Waals surface area contributed by atoms with Crippen LogP contribution in [0.25, 0.3) is 21.8 Å². The van der Waals surface area contributed by atoms with E-state index in [4.69, 9.17) is 0 Å². The quantitative estimate of drug-likeness (QED) is 0.472. The number of halogens is 2. The lowest BCUT2D eigenvalue weighted by Gasteiger charge is -2.30. The third kappa shape index (κ3) is 3.66. The second kappa shape index (κ2) is 7.62. The number of alkyl halides is 2. The molecule has 0 aliphatic rings. The molecule has 0 saturated carbocycles. The van der Waals surface area contributed by atoms with Gasteiger partial charge in [-0.1, -0.05) is 18.2 Å². The van der Waals surface area contributed by atoms with Crippen molar-refractivity contribution in [1.29, 1.82) is 0 Å². The highest BCUT2D eigenvalue weighted by molar-refractivity contribution is 6.01. The summed E-state index contributed by atoms with van der Waals surface area (Å²) in [6.45, 7) is 5.86. The normalized spacial score (nSPS) is 13.6. The molecule has 0 bridgehead atoms. The van der Waals surface area contributed by atoms with Crippen LogP contribution in [0.2, 0.25) is 0 Å². The molecule has 4 rings (SSSR count). The first-order valence-electron chi connectivity index (χ1n) is 10.6. The number of hydrogen-bond donors (Lipinski definition) is 2. The van der Waals surface area contributed by atoms with Gasteiger partial charge in [0.2, 0.25) is 0 Å². The van der Waals surface area contributed by atoms with Gasteiger partial charge in [-0.25, -0.2) is 4.79 Å². The molecular formula is C24H27F2N5O2. The Kier molecular flexibility index (Phi) is 5.28. The third-order valence-corrected chi connectivity index (χ3v) is 6.23. The zero-order valence-corrected chi connectivity index (χ0v) is 19.4. The lowest BCUT2D eigenvalue weighted by Crippen LogP contribution is -2.40. The van der Waals surface area contributed by atoms with Gasteiger partial charge in [0.25, 0.3) is 0 Å². The van der Waals surface area contributed by atoms with Gasteiger partial charge in [0, 0.05) is 30.4 Å². The summed E-state index contributed by atoms with van der Waals surface area (Å²) < 4.78 is 32.5. The first kappa shape index (κ1) is 22.8. The van der Waals surface area contributed by atoms with Crippen LogP contribution in [0.3, 0.4) is 0 Å². The minimum Gasteiger partial charge on any atom is -0.384 e. The monoisotopic (exact) mass is 455 g/mol. The van der Waals surface area contributed by atoms with E-state index in [1.807, 2.05) is 26.0 Å². The van der Waals surface area contributed by atoms with Crippen molar-refractivity contribution in [2.45, 2.75) is 45.3 Å². The van der Waals surface area contributed by atoms with Crippen molar-refractivity contribution in [3.05, 3.63) is 63.7 Å². The van der Waals surface area contributed by atoms with Crippen molar-refractivity contribution < 1.29 is 13.9 Å². The molecule has 1 atom stereocenters. The van der Waals surface area contributed by atoms with Gasteiger partial charge >= 0.3 is 11.6 Å². The standard InChI is InChI=1S/C24H27F2N5O2/c1-13(15-8-7-9-16(10-15)24(25,26)23(3,4)33)27-21-18-12-20-19(30(5)22(32)31(20)6)11-17(18)14(2)28-29-21/h7-13,33H,1-6H3,(H,27,29)/t13-/m1/s1. The molecule has 7 nitrogen and oxygen atoms in total. The van der Waals surface area contributed by atoms with Crippen LogP contribution in [-0.4, -0.2) is 30.0 Å². The first-order valence-corrected chi connectivity index (χ1v) is 10.6. The van der Waals surface area contributed by atoms with E-state index in [-0.39, 0.29) is 17.3 Å². The summed E-state index contributed by atoms with van der Waals surface area (Å²) in [6, 6.07) is 9.41. The lowest BCUT2D eigenvalue weighted by molar-refractivity contribution is -0.168. The van der Waals surface area contributed by atoms with E-state index in [2.05, 4.69) is 15.5 Å². The zero-order chi connectivity index (χ0) is 24.3. The molecule has 0 aliphatic carbocycles. The predicted molar refractivity (Wildman–Crippen MR) is 125 cm³/mol. The Morgan fingerprint density at radius 3 is 2.24 bits per heavy atom. The van der Waals surface area contributed by atoms with Crippen LogP contribution in [0.15, 0.2) is 41.2 Å². The highest BCUT2D eigenvalue weighted by Crippen LogP contribution is 2.39. The van der Waals surface area contributed by atoms with E-state index in [1.165, 1.54) is 12.1 Å². The fourth-order valence-corrected chi connectivity index (χ4v) is 4.02. The molecule has 0 radical (unpaired) electrons. The number of nitrogens with zero attached hydrogens (tertiary/aromatic N) is 4. The molecule has 174 valence electrons. The largest absolute Gasteiger partial charge is 0.384 e. The van der Waals surface area contributed by atoms with Gasteiger partial charge in [0.05, 0.1) is 22.8 Å². The van der Waals surface area contributed by atoms with E-state index in [0.29, 0.717) is 17.1 Å². The number of aromatic nitrogens is 4. The summed E-state index contributed by atoms with van der Waals surface area (Å²) in [5.74, 6) is -2.93.